The number of fused-ring (bicyclic) bond motifs is 1. The number of likely N-dealkylation sites (tertiary alicyclic amines) is 1. The molecular formula is C21H30N4O5S. The van der Waals surface area contributed by atoms with Gasteiger partial charge in [0, 0.05) is 26.6 Å². The summed E-state index contributed by atoms with van der Waals surface area (Å²) in [5, 5.41) is 4.83. The minimum atomic E-state index is -3.92. The van der Waals surface area contributed by atoms with Crippen molar-refractivity contribution in [3.05, 3.63) is 29.8 Å². The third-order valence-corrected chi connectivity index (χ3v) is 7.53. The van der Waals surface area contributed by atoms with Crippen LogP contribution in [0.3, 0.4) is 0 Å². The number of benzene rings is 1. The van der Waals surface area contributed by atoms with Crippen molar-refractivity contribution in [3.8, 4) is 0 Å². The molecule has 31 heavy (non-hydrogen) atoms. The van der Waals surface area contributed by atoms with Crippen LogP contribution in [0.5, 0.6) is 0 Å². The number of carbonyl (C=O) groups is 3. The van der Waals surface area contributed by atoms with Gasteiger partial charge in [-0.15, -0.1) is 0 Å². The minimum Gasteiger partial charge on any atom is -0.340 e. The molecule has 10 heteroatoms. The molecule has 4 rings (SSSR count). The molecule has 1 aromatic rings. The molecule has 0 unspecified atom stereocenters. The van der Waals surface area contributed by atoms with Gasteiger partial charge in [-0.1, -0.05) is 12.1 Å². The predicted octanol–water partition coefficient (Wildman–Crippen LogP) is 1.99. The Morgan fingerprint density at radius 3 is 2.13 bits per heavy atom. The molecule has 9 nitrogen and oxygen atoms in total. The summed E-state index contributed by atoms with van der Waals surface area (Å²) in [6, 6.07) is 4.75. The SMILES string of the molecule is C1CC2CCC12.CNC(=O)NS(=O)(=O)c1ccc(CCNC(=O)N2CCCC2=O)cc1. The number of carbonyl (C=O) groups excluding carboxylic acids is 3. The zero-order valence-electron chi connectivity index (χ0n) is 17.7. The van der Waals surface area contributed by atoms with E-state index < -0.39 is 22.1 Å². The van der Waals surface area contributed by atoms with Gasteiger partial charge in [-0.3, -0.25) is 9.69 Å². The summed E-state index contributed by atoms with van der Waals surface area (Å²) in [5.41, 5.74) is 0.812. The minimum absolute atomic E-state index is 0.0356. The highest BCUT2D eigenvalue weighted by molar-refractivity contribution is 7.90. The normalized spacial score (nSPS) is 21.6. The third kappa shape index (κ3) is 5.96. The van der Waals surface area contributed by atoms with Gasteiger partial charge in [0.05, 0.1) is 4.90 Å². The first-order valence-electron chi connectivity index (χ1n) is 10.7. The van der Waals surface area contributed by atoms with E-state index in [9.17, 15) is 22.8 Å². The number of imide groups is 1. The van der Waals surface area contributed by atoms with Crippen LogP contribution < -0.4 is 15.4 Å². The Bertz CT molecular complexity index is 898. The van der Waals surface area contributed by atoms with Crippen molar-refractivity contribution < 1.29 is 22.8 Å². The summed E-state index contributed by atoms with van der Waals surface area (Å²) in [5.74, 6) is 2.26. The van der Waals surface area contributed by atoms with Crippen molar-refractivity contribution in [2.24, 2.45) is 11.8 Å². The van der Waals surface area contributed by atoms with Crippen molar-refractivity contribution in [2.75, 3.05) is 20.1 Å². The van der Waals surface area contributed by atoms with Crippen molar-refractivity contribution >= 4 is 28.0 Å². The standard InChI is InChI=1S/C15H20N4O5S.C6H10/c1-16-14(21)18-25(23,24)12-6-4-11(5-7-12)8-9-17-15(22)19-10-2-3-13(19)20;1-2-6-4-3-5(1)6/h4-7H,2-3,8-10H2,1H3,(H,17,22)(H2,16,18,21);5-6H,1-4H2. The van der Waals surface area contributed by atoms with Crippen LogP contribution in [-0.4, -0.2) is 51.4 Å². The molecule has 2 aliphatic carbocycles. The lowest BCUT2D eigenvalue weighted by Crippen LogP contribution is -2.41. The fraction of sp³-hybridized carbons (Fsp3) is 0.571. The van der Waals surface area contributed by atoms with E-state index in [0.29, 0.717) is 32.4 Å². The van der Waals surface area contributed by atoms with Crippen LogP contribution in [0.2, 0.25) is 0 Å². The molecule has 3 fully saturated rings. The number of hydrogen-bond acceptors (Lipinski definition) is 5. The molecular weight excluding hydrogens is 420 g/mol. The highest BCUT2D eigenvalue weighted by Crippen LogP contribution is 2.49. The number of amides is 5. The second kappa shape index (κ2) is 10.1. The molecule has 5 amide bonds. The van der Waals surface area contributed by atoms with Gasteiger partial charge in [0.15, 0.2) is 0 Å². The lowest BCUT2D eigenvalue weighted by molar-refractivity contribution is -0.125. The van der Waals surface area contributed by atoms with E-state index in [1.165, 1.54) is 35.9 Å². The lowest BCUT2D eigenvalue weighted by atomic mass is 9.60. The third-order valence-electron chi connectivity index (χ3n) is 6.18. The zero-order valence-corrected chi connectivity index (χ0v) is 18.5. The molecule has 0 atom stereocenters. The number of sulfonamides is 1. The Morgan fingerprint density at radius 1 is 1.06 bits per heavy atom. The fourth-order valence-electron chi connectivity index (χ4n) is 3.90. The number of nitrogens with one attached hydrogen (secondary N) is 3. The smallest absolute Gasteiger partial charge is 0.328 e. The summed E-state index contributed by atoms with van der Waals surface area (Å²) in [4.78, 5) is 35.6. The van der Waals surface area contributed by atoms with Gasteiger partial charge in [-0.2, -0.15) is 0 Å². The van der Waals surface area contributed by atoms with Crippen molar-refractivity contribution in [2.45, 2.75) is 49.8 Å². The van der Waals surface area contributed by atoms with Crippen LogP contribution in [0.1, 0.15) is 44.1 Å². The maximum atomic E-state index is 11.9. The van der Waals surface area contributed by atoms with Gasteiger partial charge >= 0.3 is 12.1 Å². The fourth-order valence-corrected chi connectivity index (χ4v) is 4.86. The number of hydrogen-bond donors (Lipinski definition) is 3. The quantitative estimate of drug-likeness (QED) is 0.633. The van der Waals surface area contributed by atoms with Gasteiger partial charge in [-0.25, -0.2) is 22.7 Å². The monoisotopic (exact) mass is 450 g/mol. The molecule has 1 saturated heterocycles. The molecule has 0 spiro atoms. The predicted molar refractivity (Wildman–Crippen MR) is 115 cm³/mol. The summed E-state index contributed by atoms with van der Waals surface area (Å²) < 4.78 is 25.7. The van der Waals surface area contributed by atoms with E-state index in [2.05, 4.69) is 10.6 Å². The number of nitrogens with zero attached hydrogens (tertiary/aromatic N) is 1. The molecule has 3 aliphatic rings. The van der Waals surface area contributed by atoms with Crippen LogP contribution in [0.25, 0.3) is 0 Å². The molecule has 2 saturated carbocycles. The average molecular weight is 451 g/mol. The molecule has 1 heterocycles. The molecule has 3 N–H and O–H groups in total. The van der Waals surface area contributed by atoms with Crippen molar-refractivity contribution in [3.63, 3.8) is 0 Å². The zero-order chi connectivity index (χ0) is 22.4. The van der Waals surface area contributed by atoms with E-state index in [1.807, 2.05) is 4.72 Å². The van der Waals surface area contributed by atoms with Crippen LogP contribution in [-0.2, 0) is 21.2 Å². The second-order valence-corrected chi connectivity index (χ2v) is 9.82. The topological polar surface area (TPSA) is 125 Å². The summed E-state index contributed by atoms with van der Waals surface area (Å²) in [7, 11) is -2.60. The van der Waals surface area contributed by atoms with Gasteiger partial charge < -0.3 is 10.6 Å². The summed E-state index contributed by atoms with van der Waals surface area (Å²) in [6.07, 6.45) is 7.81. The van der Waals surface area contributed by atoms with E-state index >= 15 is 0 Å². The van der Waals surface area contributed by atoms with Crippen LogP contribution in [0.4, 0.5) is 9.59 Å². The highest BCUT2D eigenvalue weighted by atomic mass is 32.2. The second-order valence-electron chi connectivity index (χ2n) is 8.13. The van der Waals surface area contributed by atoms with Crippen LogP contribution in [0.15, 0.2) is 29.2 Å². The Balaban J connectivity index is 0.000000381. The molecule has 0 aromatic heterocycles. The Morgan fingerprint density at radius 2 is 1.68 bits per heavy atom. The van der Waals surface area contributed by atoms with E-state index in [0.717, 1.165) is 5.56 Å². The summed E-state index contributed by atoms with van der Waals surface area (Å²) in [6.45, 7) is 0.765. The first kappa shape index (κ1) is 23.1. The van der Waals surface area contributed by atoms with E-state index in [-0.39, 0.29) is 10.8 Å². The Labute approximate surface area is 183 Å². The molecule has 1 aromatic carbocycles. The Hall–Kier alpha value is -2.62. The van der Waals surface area contributed by atoms with Gasteiger partial charge in [0.1, 0.15) is 0 Å². The first-order valence-corrected chi connectivity index (χ1v) is 12.2. The van der Waals surface area contributed by atoms with E-state index in [4.69, 9.17) is 0 Å². The molecule has 1 aliphatic heterocycles. The Kier molecular flexibility index (Phi) is 7.53. The van der Waals surface area contributed by atoms with Crippen LogP contribution in [0, 0.1) is 11.8 Å². The maximum absolute atomic E-state index is 11.9. The lowest BCUT2D eigenvalue weighted by Gasteiger charge is -2.46. The van der Waals surface area contributed by atoms with Crippen LogP contribution >= 0.6 is 0 Å². The van der Waals surface area contributed by atoms with E-state index in [1.54, 1.807) is 37.8 Å². The average Bonchev–Trinajstić information content (AvgIpc) is 3.17. The van der Waals surface area contributed by atoms with Gasteiger partial charge in [-0.05, 0) is 68.1 Å². The maximum Gasteiger partial charge on any atom is 0.328 e. The van der Waals surface area contributed by atoms with Crippen molar-refractivity contribution in [1.82, 2.24) is 20.3 Å². The molecule has 0 radical (unpaired) electrons. The largest absolute Gasteiger partial charge is 0.340 e. The van der Waals surface area contributed by atoms with Crippen molar-refractivity contribution in [1.29, 1.82) is 0 Å². The molecule has 170 valence electrons. The first-order chi connectivity index (χ1) is 14.8. The summed E-state index contributed by atoms with van der Waals surface area (Å²) >= 11 is 0. The number of rotatable bonds is 5. The highest BCUT2D eigenvalue weighted by Gasteiger charge is 2.37. The van der Waals surface area contributed by atoms with Gasteiger partial charge in [0.25, 0.3) is 10.0 Å². The number of urea groups is 2. The van der Waals surface area contributed by atoms with Gasteiger partial charge in [0.2, 0.25) is 5.91 Å². The molecule has 0 bridgehead atoms.